The zero-order valence-electron chi connectivity index (χ0n) is 17.6. The van der Waals surface area contributed by atoms with Crippen LogP contribution in [0.3, 0.4) is 0 Å². The van der Waals surface area contributed by atoms with Gasteiger partial charge in [0.15, 0.2) is 5.16 Å². The van der Waals surface area contributed by atoms with E-state index >= 15 is 0 Å². The van der Waals surface area contributed by atoms with Crippen LogP contribution >= 0.6 is 23.1 Å². The van der Waals surface area contributed by atoms with Crippen LogP contribution in [0.25, 0.3) is 10.9 Å². The quantitative estimate of drug-likeness (QED) is 0.239. The molecule has 168 valence electrons. The minimum atomic E-state index is -0.414. The van der Waals surface area contributed by atoms with Crippen LogP contribution in [0.5, 0.6) is 5.75 Å². The summed E-state index contributed by atoms with van der Waals surface area (Å²) in [4.78, 5) is 42.6. The highest BCUT2D eigenvalue weighted by Gasteiger charge is 2.15. The van der Waals surface area contributed by atoms with E-state index in [1.165, 1.54) is 11.3 Å². The summed E-state index contributed by atoms with van der Waals surface area (Å²) in [6.07, 6.45) is 0. The Labute approximate surface area is 197 Å². The maximum atomic E-state index is 13.2. The third-order valence-corrected chi connectivity index (χ3v) is 6.56. The smallest absolute Gasteiger partial charge is 0.279 e. The number of hydrazine groups is 1. The lowest BCUT2D eigenvalue weighted by Gasteiger charge is -2.14. The van der Waals surface area contributed by atoms with Gasteiger partial charge in [0.05, 0.1) is 35.2 Å². The molecule has 0 unspecified atom stereocenters. The van der Waals surface area contributed by atoms with Gasteiger partial charge in [-0.15, -0.1) is 11.3 Å². The predicted molar refractivity (Wildman–Crippen MR) is 129 cm³/mol. The van der Waals surface area contributed by atoms with Crippen molar-refractivity contribution in [2.75, 3.05) is 12.9 Å². The molecule has 0 spiro atoms. The van der Waals surface area contributed by atoms with Crippen molar-refractivity contribution in [1.82, 2.24) is 20.4 Å². The topological polar surface area (TPSA) is 102 Å². The summed E-state index contributed by atoms with van der Waals surface area (Å²) >= 11 is 2.40. The maximum absolute atomic E-state index is 13.2. The molecule has 2 N–H and O–H groups in total. The van der Waals surface area contributed by atoms with Gasteiger partial charge in [-0.3, -0.25) is 29.8 Å². The SMILES string of the molecule is COc1ccc(Cn2c(SCC(=O)NNC(=O)c3cccs3)nc3ccccc3c2=O)cc1. The van der Waals surface area contributed by atoms with Gasteiger partial charge in [0.25, 0.3) is 11.5 Å². The number of hydrogen-bond acceptors (Lipinski definition) is 7. The molecule has 10 heteroatoms. The lowest BCUT2D eigenvalue weighted by atomic mass is 10.2. The Kier molecular flexibility index (Phi) is 7.06. The predicted octanol–water partition coefficient (Wildman–Crippen LogP) is 3.07. The van der Waals surface area contributed by atoms with Gasteiger partial charge in [0.2, 0.25) is 5.91 Å². The fraction of sp³-hybridized carbons (Fsp3) is 0.130. The number of amides is 2. The number of nitrogens with zero attached hydrogens (tertiary/aromatic N) is 2. The Morgan fingerprint density at radius 1 is 1.06 bits per heavy atom. The second-order valence-electron chi connectivity index (χ2n) is 6.92. The van der Waals surface area contributed by atoms with Crippen LogP contribution in [-0.4, -0.2) is 34.2 Å². The van der Waals surface area contributed by atoms with Crippen LogP contribution < -0.4 is 21.1 Å². The number of thiophene rings is 1. The molecule has 8 nitrogen and oxygen atoms in total. The van der Waals surface area contributed by atoms with E-state index in [4.69, 9.17) is 4.74 Å². The number of methoxy groups -OCH3 is 1. The molecule has 0 saturated carbocycles. The minimum absolute atomic E-state index is 0.0296. The Morgan fingerprint density at radius 3 is 2.58 bits per heavy atom. The standard InChI is InChI=1S/C23H20N4O4S2/c1-31-16-10-8-15(9-11-16)13-27-22(30)17-5-2-3-6-18(17)24-23(27)33-14-20(28)25-26-21(29)19-7-4-12-32-19/h2-12H,13-14H2,1H3,(H,25,28)(H,26,29). The van der Waals surface area contributed by atoms with E-state index in [1.807, 2.05) is 30.3 Å². The third kappa shape index (κ3) is 5.41. The summed E-state index contributed by atoms with van der Waals surface area (Å²) < 4.78 is 6.74. The Morgan fingerprint density at radius 2 is 1.85 bits per heavy atom. The minimum Gasteiger partial charge on any atom is -0.497 e. The first-order chi connectivity index (χ1) is 16.0. The number of benzene rings is 2. The molecular weight excluding hydrogens is 460 g/mol. The lowest BCUT2D eigenvalue weighted by Crippen LogP contribution is -2.42. The molecule has 0 aliphatic heterocycles. The van der Waals surface area contributed by atoms with E-state index in [-0.39, 0.29) is 17.2 Å². The molecule has 0 bridgehead atoms. The average Bonchev–Trinajstić information content (AvgIpc) is 3.39. The van der Waals surface area contributed by atoms with Crippen molar-refractivity contribution in [2.45, 2.75) is 11.7 Å². The summed E-state index contributed by atoms with van der Waals surface area (Å²) in [5.41, 5.74) is 6.04. The Balaban J connectivity index is 1.52. The number of fused-ring (bicyclic) bond motifs is 1. The summed E-state index contributed by atoms with van der Waals surface area (Å²) in [6, 6.07) is 17.9. The first-order valence-electron chi connectivity index (χ1n) is 9.93. The van der Waals surface area contributed by atoms with Gasteiger partial charge >= 0.3 is 0 Å². The highest BCUT2D eigenvalue weighted by atomic mass is 32.2. The molecular formula is C23H20N4O4S2. The molecule has 0 radical (unpaired) electrons. The number of carbonyl (C=O) groups is 2. The van der Waals surface area contributed by atoms with Crippen LogP contribution in [0.4, 0.5) is 0 Å². The zero-order valence-corrected chi connectivity index (χ0v) is 19.2. The fourth-order valence-electron chi connectivity index (χ4n) is 3.07. The zero-order chi connectivity index (χ0) is 23.2. The summed E-state index contributed by atoms with van der Waals surface area (Å²) in [5.74, 6) is -0.108. The van der Waals surface area contributed by atoms with Crippen molar-refractivity contribution in [3.63, 3.8) is 0 Å². The van der Waals surface area contributed by atoms with Crippen molar-refractivity contribution in [3.05, 3.63) is 86.8 Å². The molecule has 0 atom stereocenters. The van der Waals surface area contributed by atoms with E-state index in [9.17, 15) is 14.4 Å². The van der Waals surface area contributed by atoms with Crippen LogP contribution in [0.2, 0.25) is 0 Å². The number of rotatable bonds is 7. The van der Waals surface area contributed by atoms with E-state index in [1.54, 1.807) is 47.4 Å². The molecule has 2 amide bonds. The van der Waals surface area contributed by atoms with Gasteiger partial charge in [-0.1, -0.05) is 42.1 Å². The molecule has 0 fully saturated rings. The van der Waals surface area contributed by atoms with Gasteiger partial charge in [-0.2, -0.15) is 0 Å². The van der Waals surface area contributed by atoms with Crippen molar-refractivity contribution in [1.29, 1.82) is 0 Å². The molecule has 2 aromatic carbocycles. The van der Waals surface area contributed by atoms with Crippen molar-refractivity contribution in [3.8, 4) is 5.75 Å². The molecule has 33 heavy (non-hydrogen) atoms. The van der Waals surface area contributed by atoms with E-state index in [2.05, 4.69) is 15.8 Å². The van der Waals surface area contributed by atoms with Gasteiger partial charge in [-0.05, 0) is 41.3 Å². The number of para-hydroxylation sites is 1. The summed E-state index contributed by atoms with van der Waals surface area (Å²) in [5, 5.41) is 2.69. The molecule has 0 saturated heterocycles. The highest BCUT2D eigenvalue weighted by Crippen LogP contribution is 2.20. The fourth-order valence-corrected chi connectivity index (χ4v) is 4.49. The lowest BCUT2D eigenvalue weighted by molar-refractivity contribution is -0.119. The first-order valence-corrected chi connectivity index (χ1v) is 11.8. The van der Waals surface area contributed by atoms with Gasteiger partial charge in [-0.25, -0.2) is 4.98 Å². The van der Waals surface area contributed by atoms with Crippen LogP contribution in [0, 0.1) is 0 Å². The summed E-state index contributed by atoms with van der Waals surface area (Å²) in [6.45, 7) is 0.291. The second kappa shape index (κ2) is 10.3. The molecule has 0 aliphatic rings. The van der Waals surface area contributed by atoms with E-state index in [0.717, 1.165) is 23.1 Å². The molecule has 2 aromatic heterocycles. The van der Waals surface area contributed by atoms with E-state index in [0.29, 0.717) is 27.5 Å². The molecule has 0 aliphatic carbocycles. The van der Waals surface area contributed by atoms with Gasteiger partial charge in [0, 0.05) is 0 Å². The molecule has 2 heterocycles. The monoisotopic (exact) mass is 480 g/mol. The molecule has 4 aromatic rings. The number of nitrogens with one attached hydrogen (secondary N) is 2. The average molecular weight is 481 g/mol. The second-order valence-corrected chi connectivity index (χ2v) is 8.81. The third-order valence-electron chi connectivity index (χ3n) is 4.72. The largest absolute Gasteiger partial charge is 0.497 e. The van der Waals surface area contributed by atoms with E-state index < -0.39 is 5.91 Å². The number of thioether (sulfide) groups is 1. The Bertz CT molecular complexity index is 1340. The van der Waals surface area contributed by atoms with Crippen molar-refractivity contribution in [2.24, 2.45) is 0 Å². The normalized spacial score (nSPS) is 10.7. The van der Waals surface area contributed by atoms with Crippen LogP contribution in [0.1, 0.15) is 15.2 Å². The van der Waals surface area contributed by atoms with Crippen molar-refractivity contribution >= 4 is 45.8 Å². The number of carbonyl (C=O) groups excluding carboxylic acids is 2. The van der Waals surface area contributed by atoms with Crippen molar-refractivity contribution < 1.29 is 14.3 Å². The maximum Gasteiger partial charge on any atom is 0.279 e. The summed E-state index contributed by atoms with van der Waals surface area (Å²) in [7, 11) is 1.59. The molecule has 4 rings (SSSR count). The number of aromatic nitrogens is 2. The van der Waals surface area contributed by atoms with Crippen LogP contribution in [0.15, 0.2) is 76.0 Å². The number of hydrogen-bond donors (Lipinski definition) is 2. The van der Waals surface area contributed by atoms with Gasteiger partial charge in [0.1, 0.15) is 5.75 Å². The number of ether oxygens (including phenoxy) is 1. The van der Waals surface area contributed by atoms with Gasteiger partial charge < -0.3 is 4.74 Å². The Hall–Kier alpha value is -3.63. The highest BCUT2D eigenvalue weighted by molar-refractivity contribution is 7.99. The first kappa shape index (κ1) is 22.6. The van der Waals surface area contributed by atoms with Crippen LogP contribution in [-0.2, 0) is 11.3 Å².